The maximum atomic E-state index is 2.27. The number of hydrogen-bond donors (Lipinski definition) is 0. The molecule has 2 heteroatoms. The largest absolute Gasteiger partial charge is 0.358 e. The van der Waals surface area contributed by atoms with E-state index >= 15 is 0 Å². The first-order valence-electron chi connectivity index (χ1n) is 1.50. The van der Waals surface area contributed by atoms with E-state index in [2.05, 4.69) is 19.6 Å². The van der Waals surface area contributed by atoms with Crippen molar-refractivity contribution >= 4 is 8.80 Å². The third-order valence-corrected chi connectivity index (χ3v) is 0. The van der Waals surface area contributed by atoms with Crippen LogP contribution < -0.4 is 0 Å². The van der Waals surface area contributed by atoms with Crippen LogP contribution in [0.4, 0.5) is 0 Å². The fourth-order valence-electron chi connectivity index (χ4n) is 0. The van der Waals surface area contributed by atoms with Crippen molar-refractivity contribution in [3.63, 3.8) is 0 Å². The van der Waals surface area contributed by atoms with Crippen molar-refractivity contribution in [1.82, 2.24) is 0 Å². The van der Waals surface area contributed by atoms with Crippen molar-refractivity contribution < 1.29 is 21.1 Å². The van der Waals surface area contributed by atoms with Gasteiger partial charge in [0.25, 0.3) is 0 Å². The molecule has 1 radical (unpaired) electrons. The molecule has 59 valence electrons. The summed E-state index contributed by atoms with van der Waals surface area (Å²) in [7, 11) is 0.120. The third-order valence-electron chi connectivity index (χ3n) is 0. The molecule has 0 nitrogen and oxygen atoms in total. The number of hydrogen-bond acceptors (Lipinski definition) is 0. The molecule has 0 heterocycles. The minimum absolute atomic E-state index is 0. The maximum absolute atomic E-state index is 2.27. The molecule has 0 aliphatic rings. The van der Waals surface area contributed by atoms with E-state index in [4.69, 9.17) is 0 Å². The predicted molar refractivity (Wildman–Crippen MR) is 42.6 cm³/mol. The summed E-state index contributed by atoms with van der Waals surface area (Å²) in [4.78, 5) is 0. The van der Waals surface area contributed by atoms with Gasteiger partial charge >= 0.3 is 0 Å². The van der Waals surface area contributed by atoms with Gasteiger partial charge in [-0.2, -0.15) is 0 Å². The van der Waals surface area contributed by atoms with Crippen molar-refractivity contribution in [2.75, 3.05) is 0 Å². The Kier molecular flexibility index (Phi) is 113. The quantitative estimate of drug-likeness (QED) is 0.476. The monoisotopic (exact) mass is 313 g/mol. The fraction of sp³-hybridized carbons (Fsp3) is 0.500. The van der Waals surface area contributed by atoms with Crippen molar-refractivity contribution in [3.8, 4) is 0 Å². The summed E-state index contributed by atoms with van der Waals surface area (Å²) in [5.41, 5.74) is 0. The predicted octanol–water partition coefficient (Wildman–Crippen LogP) is 2.72. The molecule has 0 amide bonds. The molecule has 0 saturated heterocycles. The van der Waals surface area contributed by atoms with Crippen LogP contribution in [0.2, 0.25) is 19.6 Å². The second-order valence-electron chi connectivity index (χ2n) is 1.50. The van der Waals surface area contributed by atoms with Crippen molar-refractivity contribution in [2.24, 2.45) is 0 Å². The molecule has 0 aliphatic heterocycles. The Morgan fingerprint density at radius 1 is 0.750 bits per heavy atom. The van der Waals surface area contributed by atoms with Crippen LogP contribution in [0.15, 0.2) is 0 Å². The minimum atomic E-state index is 0. The van der Waals surface area contributed by atoms with E-state index < -0.39 is 0 Å². The molecule has 0 fully saturated rings. The molecule has 0 atom stereocenters. The molecule has 0 spiro atoms. The van der Waals surface area contributed by atoms with Crippen LogP contribution in [-0.2, 0) is 21.1 Å². The zero-order valence-electron chi connectivity index (χ0n) is 6.82. The van der Waals surface area contributed by atoms with E-state index in [0.717, 1.165) is 0 Å². The van der Waals surface area contributed by atoms with Gasteiger partial charge in [0.2, 0.25) is 0 Å². The summed E-state index contributed by atoms with van der Waals surface area (Å²) >= 11 is 0. The molecule has 0 unspecified atom stereocenters. The summed E-state index contributed by atoms with van der Waals surface area (Å²) in [5, 5.41) is 0. The van der Waals surface area contributed by atoms with Crippen molar-refractivity contribution in [3.05, 3.63) is 22.3 Å². The zero-order chi connectivity index (χ0) is 3.58. The van der Waals surface area contributed by atoms with Crippen molar-refractivity contribution in [2.45, 2.75) is 19.6 Å². The number of rotatable bonds is 0. The van der Waals surface area contributed by atoms with Gasteiger partial charge in [-0.3, -0.25) is 0 Å². The molecular formula is C6H18PtSi-3. The Labute approximate surface area is 71.9 Å². The SMILES string of the molecule is C[Si](C)C.[CH3-].[CH3-].[CH3-].[Pt]. The summed E-state index contributed by atoms with van der Waals surface area (Å²) in [6, 6.07) is 0. The van der Waals surface area contributed by atoms with Gasteiger partial charge in [-0.15, -0.1) is 0 Å². The van der Waals surface area contributed by atoms with E-state index in [1.807, 2.05) is 0 Å². The molecule has 0 aromatic rings. The second kappa shape index (κ2) is 24.7. The first-order valence-corrected chi connectivity index (χ1v) is 4.50. The molecule has 0 aliphatic carbocycles. The van der Waals surface area contributed by atoms with Gasteiger partial charge in [-0.1, -0.05) is 19.6 Å². The van der Waals surface area contributed by atoms with Crippen LogP contribution in [0.25, 0.3) is 0 Å². The van der Waals surface area contributed by atoms with Gasteiger partial charge in [0.15, 0.2) is 0 Å². The second-order valence-corrected chi connectivity index (χ2v) is 4.50. The fourth-order valence-corrected chi connectivity index (χ4v) is 0. The summed E-state index contributed by atoms with van der Waals surface area (Å²) < 4.78 is 0. The van der Waals surface area contributed by atoms with Crippen LogP contribution >= 0.6 is 0 Å². The average molecular weight is 313 g/mol. The average Bonchev–Trinajstić information content (AvgIpc) is 0.811. The topological polar surface area (TPSA) is 0 Å². The Bertz CT molecular complexity index is 13.2. The first kappa shape index (κ1) is 36.5. The van der Waals surface area contributed by atoms with Gasteiger partial charge in [0.1, 0.15) is 0 Å². The van der Waals surface area contributed by atoms with E-state index in [-0.39, 0.29) is 52.1 Å². The molecule has 0 rings (SSSR count). The Hall–Kier alpha value is 0.905. The van der Waals surface area contributed by atoms with E-state index in [1.54, 1.807) is 0 Å². The first-order chi connectivity index (χ1) is 1.73. The van der Waals surface area contributed by atoms with Gasteiger partial charge in [-0.05, 0) is 0 Å². The van der Waals surface area contributed by atoms with E-state index in [1.165, 1.54) is 0 Å². The van der Waals surface area contributed by atoms with Crippen LogP contribution in [-0.4, -0.2) is 8.80 Å². The summed E-state index contributed by atoms with van der Waals surface area (Å²) in [5.74, 6) is 0. The van der Waals surface area contributed by atoms with Crippen LogP contribution in [0.1, 0.15) is 0 Å². The Morgan fingerprint density at radius 3 is 0.750 bits per heavy atom. The Balaban J connectivity index is -0.00000000750. The van der Waals surface area contributed by atoms with E-state index in [9.17, 15) is 0 Å². The molecule has 0 aromatic carbocycles. The van der Waals surface area contributed by atoms with Crippen LogP contribution in [0, 0.1) is 22.3 Å². The molecular weight excluding hydrogens is 295 g/mol. The summed E-state index contributed by atoms with van der Waals surface area (Å²) in [6.45, 7) is 6.81. The van der Waals surface area contributed by atoms with E-state index in [0.29, 0.717) is 0 Å². The smallest absolute Gasteiger partial charge is 0.0379 e. The van der Waals surface area contributed by atoms with Crippen molar-refractivity contribution in [1.29, 1.82) is 0 Å². The normalized spacial score (nSPS) is 4.50. The van der Waals surface area contributed by atoms with Crippen LogP contribution in [0.3, 0.4) is 0 Å². The van der Waals surface area contributed by atoms with Gasteiger partial charge in [-0.25, -0.2) is 0 Å². The minimum Gasteiger partial charge on any atom is -0.358 e. The molecule has 0 N–H and O–H groups in total. The maximum Gasteiger partial charge on any atom is 0.0379 e. The Morgan fingerprint density at radius 2 is 0.750 bits per heavy atom. The van der Waals surface area contributed by atoms with Gasteiger partial charge < -0.3 is 22.3 Å². The third kappa shape index (κ3) is 294. The molecule has 0 saturated carbocycles. The molecule has 8 heavy (non-hydrogen) atoms. The van der Waals surface area contributed by atoms with Crippen LogP contribution in [0.5, 0.6) is 0 Å². The standard InChI is InChI=1S/C3H9Si.3CH3.Pt/c1-4(2)3;;;;/h1-3H3;3*1H3;/q;3*-1;. The van der Waals surface area contributed by atoms with Gasteiger partial charge in [0, 0.05) is 29.9 Å². The van der Waals surface area contributed by atoms with Gasteiger partial charge in [0.05, 0.1) is 0 Å². The molecule has 0 bridgehead atoms. The zero-order valence-corrected chi connectivity index (χ0v) is 10.1. The molecule has 0 aromatic heterocycles. The summed E-state index contributed by atoms with van der Waals surface area (Å²) in [6.07, 6.45) is 0.